The minimum Gasteiger partial charge on any atom is -0.487 e. The van der Waals surface area contributed by atoms with Crippen LogP contribution in [-0.2, 0) is 25.6 Å². The second-order valence-electron chi connectivity index (χ2n) is 11.3. The molecule has 0 atom stereocenters. The number of carbonyl (C=O) groups excluding carboxylic acids is 1. The third-order valence-corrected chi connectivity index (χ3v) is 7.54. The van der Waals surface area contributed by atoms with E-state index >= 15 is 0 Å². The molecule has 0 radical (unpaired) electrons. The summed E-state index contributed by atoms with van der Waals surface area (Å²) in [5.41, 5.74) is 1.67. The van der Waals surface area contributed by atoms with Gasteiger partial charge in [0.15, 0.2) is 5.78 Å². The van der Waals surface area contributed by atoms with Crippen LogP contribution >= 0.6 is 23.2 Å². The van der Waals surface area contributed by atoms with Crippen LogP contribution in [0.15, 0.2) is 72.8 Å². The molecular formula is C35H32Cl2F6N2O5. The van der Waals surface area contributed by atoms with Gasteiger partial charge in [-0.1, -0.05) is 23.2 Å². The molecule has 0 aliphatic heterocycles. The number of Topliss-reactive ketones (excluding diaryl/α,β-unsaturated/α-hetero) is 1. The lowest BCUT2D eigenvalue weighted by atomic mass is 10.1. The lowest BCUT2D eigenvalue weighted by molar-refractivity contribution is -0.138. The number of aromatic carboxylic acids is 1. The lowest BCUT2D eigenvalue weighted by Gasteiger charge is -2.16. The van der Waals surface area contributed by atoms with Crippen molar-refractivity contribution >= 4 is 46.3 Å². The van der Waals surface area contributed by atoms with E-state index in [4.69, 9.17) is 37.8 Å². The van der Waals surface area contributed by atoms with E-state index in [1.54, 1.807) is 37.2 Å². The van der Waals surface area contributed by atoms with Crippen LogP contribution in [-0.4, -0.2) is 45.0 Å². The minimum absolute atomic E-state index is 0.0347. The molecule has 0 saturated heterocycles. The summed E-state index contributed by atoms with van der Waals surface area (Å²) >= 11 is 11.7. The summed E-state index contributed by atoms with van der Waals surface area (Å²) in [6.45, 7) is 1.51. The van der Waals surface area contributed by atoms with Gasteiger partial charge >= 0.3 is 18.3 Å². The Hall–Kier alpha value is -4.62. The number of benzene rings is 4. The second kappa shape index (κ2) is 16.4. The average Bonchev–Trinajstić information content (AvgIpc) is 3.02. The summed E-state index contributed by atoms with van der Waals surface area (Å²) in [6.07, 6.45) is -8.95. The van der Waals surface area contributed by atoms with Crippen molar-refractivity contribution in [2.24, 2.45) is 0 Å². The Morgan fingerprint density at radius 3 is 1.34 bits per heavy atom. The van der Waals surface area contributed by atoms with Crippen LogP contribution in [0.25, 0.3) is 0 Å². The van der Waals surface area contributed by atoms with E-state index in [0.29, 0.717) is 22.4 Å². The van der Waals surface area contributed by atoms with Crippen LogP contribution in [0.4, 0.5) is 37.7 Å². The molecule has 0 bridgehead atoms. The summed E-state index contributed by atoms with van der Waals surface area (Å²) < 4.78 is 86.8. The number of anilines is 2. The zero-order chi connectivity index (χ0) is 37.6. The van der Waals surface area contributed by atoms with Gasteiger partial charge in [0, 0.05) is 45.1 Å². The fraction of sp³-hybridized carbons (Fsp3) is 0.257. The standard InChI is InChI=1S/C18H17ClF3NO2.C17H15ClF3NO3/c1-11(24)13-6-12(7-15(8-13)23(2)3)10-25-17-5-4-14(9-16(17)19)18(20,21)22;1-22(2)13-6-10(5-11(7-13)16(23)24)9-25-15-4-3-12(8-14(15)18)17(19,20)21/h4-9H,10H2,1-3H3;3-8H,9H2,1-2H3,(H,23,24). The molecule has 50 heavy (non-hydrogen) atoms. The Kier molecular flexibility index (Phi) is 13.1. The average molecular weight is 746 g/mol. The molecule has 0 aliphatic carbocycles. The first-order valence-electron chi connectivity index (χ1n) is 14.5. The highest BCUT2D eigenvalue weighted by Gasteiger charge is 2.32. The van der Waals surface area contributed by atoms with E-state index in [1.165, 1.54) is 25.1 Å². The van der Waals surface area contributed by atoms with Gasteiger partial charge in [0.1, 0.15) is 24.7 Å². The number of carboxylic acid groups (broad SMARTS) is 1. The van der Waals surface area contributed by atoms with E-state index in [-0.39, 0.29) is 46.1 Å². The number of halogens is 8. The number of ether oxygens (including phenoxy) is 2. The smallest absolute Gasteiger partial charge is 0.416 e. The van der Waals surface area contributed by atoms with Crippen molar-refractivity contribution in [3.8, 4) is 11.5 Å². The van der Waals surface area contributed by atoms with Gasteiger partial charge in [0.2, 0.25) is 0 Å². The van der Waals surface area contributed by atoms with Crippen molar-refractivity contribution in [2.75, 3.05) is 38.0 Å². The zero-order valence-electron chi connectivity index (χ0n) is 27.3. The molecular weight excluding hydrogens is 713 g/mol. The Labute approximate surface area is 294 Å². The van der Waals surface area contributed by atoms with Crippen LogP contribution in [0.2, 0.25) is 10.0 Å². The monoisotopic (exact) mass is 744 g/mol. The molecule has 4 aromatic carbocycles. The number of hydrogen-bond acceptors (Lipinski definition) is 6. The van der Waals surface area contributed by atoms with Crippen LogP contribution in [0.1, 0.15) is 49.9 Å². The van der Waals surface area contributed by atoms with E-state index in [0.717, 1.165) is 36.0 Å². The molecule has 0 fully saturated rings. The molecule has 0 aliphatic rings. The fourth-order valence-electron chi connectivity index (χ4n) is 4.27. The zero-order valence-corrected chi connectivity index (χ0v) is 28.9. The maximum Gasteiger partial charge on any atom is 0.416 e. The maximum absolute atomic E-state index is 12.7. The lowest BCUT2D eigenvalue weighted by Crippen LogP contribution is -2.11. The van der Waals surface area contributed by atoms with Crippen LogP contribution in [0, 0.1) is 0 Å². The molecule has 0 saturated carbocycles. The first-order valence-corrected chi connectivity index (χ1v) is 15.3. The molecule has 268 valence electrons. The minimum atomic E-state index is -4.49. The summed E-state index contributed by atoms with van der Waals surface area (Å²) in [4.78, 5) is 26.4. The third kappa shape index (κ3) is 11.2. The Morgan fingerprint density at radius 1 is 0.640 bits per heavy atom. The highest BCUT2D eigenvalue weighted by Crippen LogP contribution is 2.36. The van der Waals surface area contributed by atoms with Gasteiger partial charge in [-0.2, -0.15) is 26.3 Å². The molecule has 15 heteroatoms. The van der Waals surface area contributed by atoms with Crippen molar-refractivity contribution in [1.82, 2.24) is 0 Å². The molecule has 0 unspecified atom stereocenters. The quantitative estimate of drug-likeness (QED) is 0.128. The molecule has 4 aromatic rings. The molecule has 0 amide bonds. The van der Waals surface area contributed by atoms with Gasteiger partial charge < -0.3 is 24.4 Å². The number of carbonyl (C=O) groups is 2. The number of rotatable bonds is 10. The Balaban J connectivity index is 0.000000270. The van der Waals surface area contributed by atoms with Gasteiger partial charge in [-0.3, -0.25) is 4.79 Å². The van der Waals surface area contributed by atoms with E-state index in [9.17, 15) is 35.9 Å². The topological polar surface area (TPSA) is 79.3 Å². The third-order valence-electron chi connectivity index (χ3n) is 6.95. The van der Waals surface area contributed by atoms with Gasteiger partial charge in [0.05, 0.1) is 26.7 Å². The largest absolute Gasteiger partial charge is 0.487 e. The Morgan fingerprint density at radius 2 is 1.02 bits per heavy atom. The summed E-state index contributed by atoms with van der Waals surface area (Å²) in [5, 5.41) is 8.88. The summed E-state index contributed by atoms with van der Waals surface area (Å²) in [5.74, 6) is -0.939. The summed E-state index contributed by atoms with van der Waals surface area (Å²) in [6, 6.07) is 15.7. The van der Waals surface area contributed by atoms with Gasteiger partial charge in [0.25, 0.3) is 0 Å². The molecule has 4 rings (SSSR count). The predicted molar refractivity (Wildman–Crippen MR) is 180 cm³/mol. The SMILES string of the molecule is CC(=O)c1cc(COc2ccc(C(F)(F)F)cc2Cl)cc(N(C)C)c1.CN(C)c1cc(COc2ccc(C(F)(F)F)cc2Cl)cc(C(=O)O)c1. The fourth-order valence-corrected chi connectivity index (χ4v) is 4.74. The Bertz CT molecular complexity index is 1710. The van der Waals surface area contributed by atoms with Crippen molar-refractivity contribution < 1.29 is 50.5 Å². The number of hydrogen-bond donors (Lipinski definition) is 1. The van der Waals surface area contributed by atoms with Gasteiger partial charge in [-0.15, -0.1) is 0 Å². The van der Waals surface area contributed by atoms with E-state index in [2.05, 4.69) is 0 Å². The molecule has 7 nitrogen and oxygen atoms in total. The van der Waals surface area contributed by atoms with Crippen LogP contribution in [0.3, 0.4) is 0 Å². The first-order chi connectivity index (χ1) is 23.1. The van der Waals surface area contributed by atoms with Crippen molar-refractivity contribution in [3.05, 3.63) is 116 Å². The van der Waals surface area contributed by atoms with Gasteiger partial charge in [-0.25, -0.2) is 4.79 Å². The van der Waals surface area contributed by atoms with Crippen molar-refractivity contribution in [2.45, 2.75) is 32.5 Å². The van der Waals surface area contributed by atoms with E-state index in [1.807, 2.05) is 25.1 Å². The summed E-state index contributed by atoms with van der Waals surface area (Å²) in [7, 11) is 7.21. The molecule has 0 heterocycles. The van der Waals surface area contributed by atoms with Crippen LogP contribution < -0.4 is 19.3 Å². The van der Waals surface area contributed by atoms with Gasteiger partial charge in [-0.05, 0) is 90.8 Å². The normalized spacial score (nSPS) is 11.3. The molecule has 0 spiro atoms. The predicted octanol–water partition coefficient (Wildman–Crippen LogP) is 9.91. The van der Waals surface area contributed by atoms with Crippen molar-refractivity contribution in [1.29, 1.82) is 0 Å². The van der Waals surface area contributed by atoms with E-state index < -0.39 is 29.4 Å². The number of ketones is 1. The first kappa shape index (κ1) is 39.8. The van der Waals surface area contributed by atoms with Crippen molar-refractivity contribution in [3.63, 3.8) is 0 Å². The number of alkyl halides is 6. The second-order valence-corrected chi connectivity index (χ2v) is 12.1. The molecule has 0 aromatic heterocycles. The number of carboxylic acids is 1. The molecule has 1 N–H and O–H groups in total. The number of nitrogens with zero attached hydrogens (tertiary/aromatic N) is 2. The maximum atomic E-state index is 12.7. The highest BCUT2D eigenvalue weighted by molar-refractivity contribution is 6.32. The van der Waals surface area contributed by atoms with Crippen LogP contribution in [0.5, 0.6) is 11.5 Å². The highest BCUT2D eigenvalue weighted by atomic mass is 35.5.